The predicted octanol–water partition coefficient (Wildman–Crippen LogP) is 3.87. The summed E-state index contributed by atoms with van der Waals surface area (Å²) >= 11 is 0.788. The first-order valence-electron chi connectivity index (χ1n) is 10.1. The van der Waals surface area contributed by atoms with E-state index in [1.54, 1.807) is 38.1 Å². The van der Waals surface area contributed by atoms with Crippen LogP contribution in [-0.2, 0) is 19.1 Å². The molecule has 168 valence electrons. The summed E-state index contributed by atoms with van der Waals surface area (Å²) in [6.45, 7) is 7.27. The van der Waals surface area contributed by atoms with Crippen molar-refractivity contribution in [3.8, 4) is 5.69 Å². The lowest BCUT2D eigenvalue weighted by Gasteiger charge is -2.11. The lowest BCUT2D eigenvalue weighted by atomic mass is 10.2. The van der Waals surface area contributed by atoms with Crippen LogP contribution in [0.5, 0.6) is 0 Å². The van der Waals surface area contributed by atoms with Gasteiger partial charge in [0.2, 0.25) is 0 Å². The number of hydrogen-bond donors (Lipinski definition) is 0. The summed E-state index contributed by atoms with van der Waals surface area (Å²) in [6.07, 6.45) is 1.64. The van der Waals surface area contributed by atoms with E-state index in [0.717, 1.165) is 39.3 Å². The highest BCUT2D eigenvalue weighted by molar-refractivity contribution is 8.18. The molecule has 0 N–H and O–H groups in total. The molecule has 2 amide bonds. The Labute approximate surface area is 190 Å². The van der Waals surface area contributed by atoms with Gasteiger partial charge in [0.25, 0.3) is 11.1 Å². The number of benzene rings is 1. The van der Waals surface area contributed by atoms with Crippen LogP contribution in [0.2, 0.25) is 0 Å². The zero-order valence-corrected chi connectivity index (χ0v) is 19.2. The van der Waals surface area contributed by atoms with Gasteiger partial charge in [0.15, 0.2) is 0 Å². The van der Waals surface area contributed by atoms with Crippen LogP contribution in [0, 0.1) is 13.8 Å². The Morgan fingerprint density at radius 3 is 2.47 bits per heavy atom. The third kappa shape index (κ3) is 4.77. The number of thioether (sulfide) groups is 1. The molecule has 1 aromatic heterocycles. The van der Waals surface area contributed by atoms with E-state index in [2.05, 4.69) is 0 Å². The molecule has 0 spiro atoms. The quantitative estimate of drug-likeness (QED) is 0.461. The summed E-state index contributed by atoms with van der Waals surface area (Å²) in [6, 6.07) is 8.98. The Balaban J connectivity index is 1.90. The summed E-state index contributed by atoms with van der Waals surface area (Å²) in [7, 11) is 0. The molecule has 2 aromatic rings. The molecule has 9 heteroatoms. The number of rotatable bonds is 7. The smallest absolute Gasteiger partial charge is 0.338 e. The van der Waals surface area contributed by atoms with Crippen LogP contribution in [0.4, 0.5) is 4.79 Å². The molecule has 1 saturated heterocycles. The van der Waals surface area contributed by atoms with Crippen LogP contribution in [0.25, 0.3) is 11.8 Å². The highest BCUT2D eigenvalue weighted by atomic mass is 32.2. The Kier molecular flexibility index (Phi) is 7.19. The second-order valence-corrected chi connectivity index (χ2v) is 8.00. The highest BCUT2D eigenvalue weighted by Gasteiger charge is 2.36. The van der Waals surface area contributed by atoms with E-state index in [1.165, 1.54) is 0 Å². The summed E-state index contributed by atoms with van der Waals surface area (Å²) < 4.78 is 11.9. The fourth-order valence-corrected chi connectivity index (χ4v) is 4.26. The minimum Gasteiger partial charge on any atom is -0.465 e. The first-order chi connectivity index (χ1) is 15.3. The van der Waals surface area contributed by atoms with Crippen LogP contribution in [0.3, 0.4) is 0 Å². The zero-order valence-electron chi connectivity index (χ0n) is 18.3. The number of carbonyl (C=O) groups is 4. The lowest BCUT2D eigenvalue weighted by Crippen LogP contribution is -2.34. The first kappa shape index (κ1) is 23.3. The second kappa shape index (κ2) is 9.86. The number of carbonyl (C=O) groups excluding carboxylic acids is 4. The standard InChI is InChI=1S/C23H24N2O6S/c1-5-30-20(26)13-24-21(27)19(32-23(24)29)12-17-10-14(3)25(15(17)4)18-9-7-8-16(11-18)22(28)31-6-2/h7-12H,5-6,13H2,1-4H3/b19-12+. The highest BCUT2D eigenvalue weighted by Crippen LogP contribution is 2.33. The van der Waals surface area contributed by atoms with Gasteiger partial charge in [-0.1, -0.05) is 6.07 Å². The molecule has 0 bridgehead atoms. The second-order valence-electron chi connectivity index (χ2n) is 7.01. The number of hydrogen-bond acceptors (Lipinski definition) is 7. The molecule has 1 aliphatic rings. The minimum atomic E-state index is -0.629. The van der Waals surface area contributed by atoms with Gasteiger partial charge in [0.1, 0.15) is 6.54 Å². The Morgan fingerprint density at radius 1 is 1.06 bits per heavy atom. The van der Waals surface area contributed by atoms with E-state index < -0.39 is 29.6 Å². The predicted molar refractivity (Wildman–Crippen MR) is 121 cm³/mol. The molecular formula is C23H24N2O6S. The maximum atomic E-state index is 12.7. The number of imide groups is 1. The van der Waals surface area contributed by atoms with Crippen molar-refractivity contribution in [2.75, 3.05) is 19.8 Å². The summed E-state index contributed by atoms with van der Waals surface area (Å²) in [5.41, 5.74) is 3.70. The number of esters is 2. The maximum absolute atomic E-state index is 12.7. The van der Waals surface area contributed by atoms with Crippen molar-refractivity contribution in [2.45, 2.75) is 27.7 Å². The monoisotopic (exact) mass is 456 g/mol. The van der Waals surface area contributed by atoms with Crippen molar-refractivity contribution >= 4 is 40.9 Å². The van der Waals surface area contributed by atoms with Gasteiger partial charge < -0.3 is 14.0 Å². The van der Waals surface area contributed by atoms with Crippen molar-refractivity contribution in [1.29, 1.82) is 0 Å². The Hall–Kier alpha value is -3.33. The molecule has 3 rings (SSSR count). The number of aromatic nitrogens is 1. The first-order valence-corrected chi connectivity index (χ1v) is 11.0. The lowest BCUT2D eigenvalue weighted by molar-refractivity contribution is -0.145. The van der Waals surface area contributed by atoms with Crippen LogP contribution in [-0.4, -0.2) is 52.3 Å². The van der Waals surface area contributed by atoms with E-state index in [-0.39, 0.29) is 11.5 Å². The largest absolute Gasteiger partial charge is 0.465 e. The van der Waals surface area contributed by atoms with E-state index in [1.807, 2.05) is 30.5 Å². The van der Waals surface area contributed by atoms with Crippen molar-refractivity contribution in [3.63, 3.8) is 0 Å². The maximum Gasteiger partial charge on any atom is 0.338 e. The molecule has 1 fully saturated rings. The third-order valence-electron chi connectivity index (χ3n) is 4.84. The van der Waals surface area contributed by atoms with Crippen molar-refractivity contribution in [3.05, 3.63) is 57.8 Å². The number of amides is 2. The minimum absolute atomic E-state index is 0.175. The molecule has 0 aliphatic carbocycles. The van der Waals surface area contributed by atoms with Gasteiger partial charge >= 0.3 is 11.9 Å². The van der Waals surface area contributed by atoms with Gasteiger partial charge in [-0.3, -0.25) is 19.3 Å². The molecule has 2 heterocycles. The molecule has 32 heavy (non-hydrogen) atoms. The van der Waals surface area contributed by atoms with Crippen LogP contribution >= 0.6 is 11.8 Å². The molecule has 0 saturated carbocycles. The Morgan fingerprint density at radius 2 is 1.78 bits per heavy atom. The van der Waals surface area contributed by atoms with Gasteiger partial charge in [-0.25, -0.2) is 4.79 Å². The van der Waals surface area contributed by atoms with Crippen LogP contribution in [0.15, 0.2) is 35.2 Å². The van der Waals surface area contributed by atoms with Crippen LogP contribution in [0.1, 0.15) is 41.2 Å². The zero-order chi connectivity index (χ0) is 23.4. The molecule has 0 radical (unpaired) electrons. The Bertz CT molecular complexity index is 1120. The molecular weight excluding hydrogens is 432 g/mol. The van der Waals surface area contributed by atoms with Gasteiger partial charge in [0.05, 0.1) is 23.7 Å². The fraction of sp³-hybridized carbons (Fsp3) is 0.304. The molecule has 1 aliphatic heterocycles. The average molecular weight is 457 g/mol. The summed E-state index contributed by atoms with van der Waals surface area (Å²) in [4.78, 5) is 49.8. The van der Waals surface area contributed by atoms with E-state index in [4.69, 9.17) is 9.47 Å². The SMILES string of the molecule is CCOC(=O)CN1C(=O)S/C(=C/c2cc(C)n(-c3cccc(C(=O)OCC)c3)c2C)C1=O. The number of nitrogens with zero attached hydrogens (tertiary/aromatic N) is 2. The van der Waals surface area contributed by atoms with Crippen molar-refractivity contribution in [2.24, 2.45) is 0 Å². The molecule has 8 nitrogen and oxygen atoms in total. The molecule has 1 aromatic carbocycles. The average Bonchev–Trinajstić information content (AvgIpc) is 3.18. The van der Waals surface area contributed by atoms with Gasteiger partial charge in [-0.05, 0) is 75.4 Å². The van der Waals surface area contributed by atoms with Gasteiger partial charge in [-0.15, -0.1) is 0 Å². The van der Waals surface area contributed by atoms with Crippen molar-refractivity contribution < 1.29 is 28.7 Å². The normalized spacial score (nSPS) is 14.9. The van der Waals surface area contributed by atoms with E-state index >= 15 is 0 Å². The number of ether oxygens (including phenoxy) is 2. The topological polar surface area (TPSA) is 94.9 Å². The van der Waals surface area contributed by atoms with Crippen LogP contribution < -0.4 is 0 Å². The van der Waals surface area contributed by atoms with Gasteiger partial charge in [0, 0.05) is 17.1 Å². The molecule has 0 unspecified atom stereocenters. The van der Waals surface area contributed by atoms with Crippen molar-refractivity contribution in [1.82, 2.24) is 9.47 Å². The third-order valence-corrected chi connectivity index (χ3v) is 5.75. The van der Waals surface area contributed by atoms with E-state index in [0.29, 0.717) is 12.2 Å². The summed E-state index contributed by atoms with van der Waals surface area (Å²) in [5, 5.41) is -0.509. The fourth-order valence-electron chi connectivity index (χ4n) is 3.43. The summed E-state index contributed by atoms with van der Waals surface area (Å²) in [5.74, 6) is -1.55. The van der Waals surface area contributed by atoms with E-state index in [9.17, 15) is 19.2 Å². The van der Waals surface area contributed by atoms with Gasteiger partial charge in [-0.2, -0.15) is 0 Å². The number of aryl methyl sites for hydroxylation is 1. The molecule has 0 atom stereocenters.